The summed E-state index contributed by atoms with van der Waals surface area (Å²) in [5.41, 5.74) is 0. The highest BCUT2D eigenvalue weighted by Gasteiger charge is 2.26. The summed E-state index contributed by atoms with van der Waals surface area (Å²) in [6.07, 6.45) is 6.95. The van der Waals surface area contributed by atoms with Crippen molar-refractivity contribution in [3.05, 3.63) is 12.7 Å². The van der Waals surface area contributed by atoms with E-state index in [2.05, 4.69) is 42.5 Å². The van der Waals surface area contributed by atoms with Crippen molar-refractivity contribution in [2.75, 3.05) is 31.6 Å². The van der Waals surface area contributed by atoms with E-state index in [1.165, 1.54) is 37.3 Å². The van der Waals surface area contributed by atoms with Crippen LogP contribution in [0.1, 0.15) is 32.6 Å². The van der Waals surface area contributed by atoms with Gasteiger partial charge in [-0.25, -0.2) is 0 Å². The van der Waals surface area contributed by atoms with Gasteiger partial charge in [-0.3, -0.25) is 0 Å². The number of allylic oxidation sites excluding steroid dienone is 1. The summed E-state index contributed by atoms with van der Waals surface area (Å²) >= 11 is 2.11. The molecule has 1 saturated heterocycles. The molecule has 2 nitrogen and oxygen atoms in total. The molecule has 1 rings (SSSR count). The van der Waals surface area contributed by atoms with Gasteiger partial charge in [-0.2, -0.15) is 11.8 Å². The number of thioether (sulfide) groups is 1. The van der Waals surface area contributed by atoms with Gasteiger partial charge >= 0.3 is 0 Å². The number of rotatable bonds is 8. The molecule has 1 aliphatic heterocycles. The van der Waals surface area contributed by atoms with Crippen molar-refractivity contribution in [1.82, 2.24) is 10.2 Å². The first-order valence-corrected chi connectivity index (χ1v) is 8.07. The Bertz CT molecular complexity index is 208. The maximum Gasteiger partial charge on any atom is 0.0337 e. The zero-order valence-electron chi connectivity index (χ0n) is 11.5. The minimum Gasteiger partial charge on any atom is -0.312 e. The SMILES string of the molecule is C=CCCCC(NCCC)C1CSCCN1C. The molecule has 1 heterocycles. The zero-order valence-corrected chi connectivity index (χ0v) is 12.3. The molecule has 17 heavy (non-hydrogen) atoms. The molecule has 0 spiro atoms. The van der Waals surface area contributed by atoms with Crippen LogP contribution in [-0.2, 0) is 0 Å². The molecule has 0 aromatic rings. The number of nitrogens with zero attached hydrogens (tertiary/aromatic N) is 1. The smallest absolute Gasteiger partial charge is 0.0337 e. The number of nitrogens with one attached hydrogen (secondary N) is 1. The van der Waals surface area contributed by atoms with E-state index in [0.717, 1.165) is 13.0 Å². The normalized spacial score (nSPS) is 23.5. The second kappa shape index (κ2) is 9.01. The Kier molecular flexibility index (Phi) is 7.99. The van der Waals surface area contributed by atoms with Gasteiger partial charge in [0.2, 0.25) is 0 Å². The summed E-state index contributed by atoms with van der Waals surface area (Å²) in [6.45, 7) is 8.44. The van der Waals surface area contributed by atoms with E-state index < -0.39 is 0 Å². The van der Waals surface area contributed by atoms with Crippen molar-refractivity contribution in [3.8, 4) is 0 Å². The molecule has 0 aromatic heterocycles. The summed E-state index contributed by atoms with van der Waals surface area (Å²) in [5, 5.41) is 3.74. The van der Waals surface area contributed by atoms with Crippen molar-refractivity contribution in [2.24, 2.45) is 0 Å². The molecule has 0 aromatic carbocycles. The fraction of sp³-hybridized carbons (Fsp3) is 0.857. The van der Waals surface area contributed by atoms with Gasteiger partial charge in [0.1, 0.15) is 0 Å². The molecule has 1 fully saturated rings. The third kappa shape index (κ3) is 5.45. The van der Waals surface area contributed by atoms with E-state index in [-0.39, 0.29) is 0 Å². The van der Waals surface area contributed by atoms with Gasteiger partial charge in [-0.05, 0) is 39.3 Å². The van der Waals surface area contributed by atoms with Gasteiger partial charge in [0, 0.05) is 30.1 Å². The molecule has 3 heteroatoms. The lowest BCUT2D eigenvalue weighted by atomic mass is 10.0. The van der Waals surface area contributed by atoms with Gasteiger partial charge in [-0.1, -0.05) is 13.0 Å². The molecule has 2 unspecified atom stereocenters. The van der Waals surface area contributed by atoms with E-state index in [4.69, 9.17) is 0 Å². The van der Waals surface area contributed by atoms with Crippen LogP contribution in [0.3, 0.4) is 0 Å². The van der Waals surface area contributed by atoms with Crippen LogP contribution in [0.15, 0.2) is 12.7 Å². The van der Waals surface area contributed by atoms with Crippen LogP contribution in [0.25, 0.3) is 0 Å². The molecule has 100 valence electrons. The van der Waals surface area contributed by atoms with Crippen molar-refractivity contribution in [2.45, 2.75) is 44.7 Å². The monoisotopic (exact) mass is 256 g/mol. The third-order valence-electron chi connectivity index (χ3n) is 3.49. The van der Waals surface area contributed by atoms with E-state index in [9.17, 15) is 0 Å². The van der Waals surface area contributed by atoms with Crippen LogP contribution < -0.4 is 5.32 Å². The van der Waals surface area contributed by atoms with Crippen molar-refractivity contribution in [3.63, 3.8) is 0 Å². The van der Waals surface area contributed by atoms with Gasteiger partial charge in [0.25, 0.3) is 0 Å². The first-order chi connectivity index (χ1) is 8.29. The highest BCUT2D eigenvalue weighted by molar-refractivity contribution is 7.99. The van der Waals surface area contributed by atoms with E-state index in [1.54, 1.807) is 0 Å². The standard InChI is InChI=1S/C14H28N2S/c1-4-6-7-8-13(15-9-5-2)14-12-17-11-10-16(14)3/h4,13-15H,1,5-12H2,2-3H3. The fourth-order valence-electron chi connectivity index (χ4n) is 2.37. The van der Waals surface area contributed by atoms with Gasteiger partial charge in [0.05, 0.1) is 0 Å². The lowest BCUT2D eigenvalue weighted by molar-refractivity contribution is 0.206. The molecule has 0 saturated carbocycles. The predicted molar refractivity (Wildman–Crippen MR) is 79.9 cm³/mol. The number of hydrogen-bond donors (Lipinski definition) is 1. The Morgan fingerprint density at radius 2 is 2.41 bits per heavy atom. The lowest BCUT2D eigenvalue weighted by Gasteiger charge is -2.38. The van der Waals surface area contributed by atoms with Crippen LogP contribution in [0, 0.1) is 0 Å². The van der Waals surface area contributed by atoms with Gasteiger partial charge in [-0.15, -0.1) is 6.58 Å². The topological polar surface area (TPSA) is 15.3 Å². The Hall–Kier alpha value is 0.01000. The fourth-order valence-corrected chi connectivity index (χ4v) is 3.68. The van der Waals surface area contributed by atoms with Gasteiger partial charge < -0.3 is 10.2 Å². The first kappa shape index (κ1) is 15.1. The van der Waals surface area contributed by atoms with E-state index >= 15 is 0 Å². The number of likely N-dealkylation sites (N-methyl/N-ethyl adjacent to an activating group) is 1. The molecule has 1 N–H and O–H groups in total. The predicted octanol–water partition coefficient (Wildman–Crippen LogP) is 2.76. The van der Waals surface area contributed by atoms with Crippen LogP contribution in [-0.4, -0.2) is 48.6 Å². The second-order valence-corrected chi connectivity index (χ2v) is 6.05. The molecule has 0 bridgehead atoms. The Morgan fingerprint density at radius 1 is 1.59 bits per heavy atom. The molecule has 1 aliphatic rings. The quantitative estimate of drug-likeness (QED) is 0.531. The highest BCUT2D eigenvalue weighted by atomic mass is 32.2. The molecular formula is C14H28N2S. The Balaban J connectivity index is 2.43. The molecular weight excluding hydrogens is 228 g/mol. The minimum atomic E-state index is 0.660. The van der Waals surface area contributed by atoms with Crippen molar-refractivity contribution < 1.29 is 0 Å². The molecule has 0 aliphatic carbocycles. The van der Waals surface area contributed by atoms with Gasteiger partial charge in [0.15, 0.2) is 0 Å². The van der Waals surface area contributed by atoms with Crippen LogP contribution >= 0.6 is 11.8 Å². The molecule has 0 amide bonds. The summed E-state index contributed by atoms with van der Waals surface area (Å²) in [4.78, 5) is 2.54. The third-order valence-corrected chi connectivity index (χ3v) is 4.54. The summed E-state index contributed by atoms with van der Waals surface area (Å²) in [7, 11) is 2.28. The maximum atomic E-state index is 3.81. The molecule has 2 atom stereocenters. The second-order valence-electron chi connectivity index (χ2n) is 4.90. The Morgan fingerprint density at radius 3 is 3.06 bits per heavy atom. The minimum absolute atomic E-state index is 0.660. The molecule has 0 radical (unpaired) electrons. The summed E-state index contributed by atoms with van der Waals surface area (Å²) in [6, 6.07) is 1.37. The van der Waals surface area contributed by atoms with Crippen molar-refractivity contribution in [1.29, 1.82) is 0 Å². The Labute approximate surface area is 111 Å². The van der Waals surface area contributed by atoms with Crippen molar-refractivity contribution >= 4 is 11.8 Å². The van der Waals surface area contributed by atoms with Crippen LogP contribution in [0.5, 0.6) is 0 Å². The van der Waals surface area contributed by atoms with Crippen LogP contribution in [0.2, 0.25) is 0 Å². The first-order valence-electron chi connectivity index (χ1n) is 6.91. The maximum absolute atomic E-state index is 3.81. The average Bonchev–Trinajstić information content (AvgIpc) is 2.35. The van der Waals surface area contributed by atoms with E-state index in [1.807, 2.05) is 6.08 Å². The lowest BCUT2D eigenvalue weighted by Crippen LogP contribution is -2.52. The highest BCUT2D eigenvalue weighted by Crippen LogP contribution is 2.20. The van der Waals surface area contributed by atoms with E-state index in [0.29, 0.717) is 12.1 Å². The number of hydrogen-bond acceptors (Lipinski definition) is 3. The number of unbranched alkanes of at least 4 members (excludes halogenated alkanes) is 1. The summed E-state index contributed by atoms with van der Waals surface area (Å²) in [5.74, 6) is 2.58. The largest absolute Gasteiger partial charge is 0.312 e. The summed E-state index contributed by atoms with van der Waals surface area (Å²) < 4.78 is 0. The zero-order chi connectivity index (χ0) is 12.5. The average molecular weight is 256 g/mol. The van der Waals surface area contributed by atoms with Crippen LogP contribution in [0.4, 0.5) is 0 Å².